The van der Waals surface area contributed by atoms with Crippen LogP contribution in [0.4, 0.5) is 10.1 Å². The summed E-state index contributed by atoms with van der Waals surface area (Å²) >= 11 is 1.84. The van der Waals surface area contributed by atoms with Gasteiger partial charge in [0.2, 0.25) is 0 Å². The van der Waals surface area contributed by atoms with E-state index in [2.05, 4.69) is 16.9 Å². The van der Waals surface area contributed by atoms with Gasteiger partial charge in [0.15, 0.2) is 11.6 Å². The molecule has 2 aromatic heterocycles. The Kier molecular flexibility index (Phi) is 3.40. The van der Waals surface area contributed by atoms with Crippen molar-refractivity contribution < 1.29 is 9.31 Å². The number of halogens is 1. The predicted octanol–water partition coefficient (Wildman–Crippen LogP) is 3.06. The van der Waals surface area contributed by atoms with Crippen LogP contribution in [0.1, 0.15) is 25.5 Å². The maximum Gasteiger partial charge on any atom is 0.290 e. The number of nitro groups is 1. The van der Waals surface area contributed by atoms with Crippen LogP contribution in [0.5, 0.6) is 0 Å². The summed E-state index contributed by atoms with van der Waals surface area (Å²) in [5.41, 5.74) is 0.513. The topological polar surface area (TPSA) is 73.8 Å². The molecule has 2 aromatic rings. The van der Waals surface area contributed by atoms with Crippen molar-refractivity contribution in [1.82, 2.24) is 14.5 Å². The van der Waals surface area contributed by atoms with Crippen molar-refractivity contribution in [2.24, 2.45) is 0 Å². The Hall–Kier alpha value is -1.96. The summed E-state index contributed by atoms with van der Waals surface area (Å²) in [7, 11) is 0. The van der Waals surface area contributed by atoms with E-state index in [1.54, 1.807) is 6.20 Å². The van der Waals surface area contributed by atoms with Gasteiger partial charge >= 0.3 is 0 Å². The fourth-order valence-electron chi connectivity index (χ4n) is 2.40. The molecule has 1 aliphatic heterocycles. The van der Waals surface area contributed by atoms with Crippen LogP contribution in [-0.2, 0) is 4.75 Å². The molecule has 21 heavy (non-hydrogen) atoms. The Morgan fingerprint density at radius 3 is 2.95 bits per heavy atom. The molecule has 3 rings (SSSR count). The van der Waals surface area contributed by atoms with E-state index in [1.807, 2.05) is 11.8 Å². The predicted molar refractivity (Wildman–Crippen MR) is 77.0 cm³/mol. The summed E-state index contributed by atoms with van der Waals surface area (Å²) in [5, 5.41) is 10.6. The SMILES string of the molecule is CC1(c2cn(-c3ncc([N+](=O)[O-])cc3F)cn2)CCCS1. The minimum Gasteiger partial charge on any atom is -0.288 e. The molecule has 0 aliphatic carbocycles. The fraction of sp³-hybridized carbons (Fsp3) is 0.385. The van der Waals surface area contributed by atoms with Crippen LogP contribution < -0.4 is 0 Å². The van der Waals surface area contributed by atoms with E-state index < -0.39 is 10.7 Å². The standard InChI is InChI=1S/C13H13FN4O2S/c1-13(3-2-4-21-13)11-7-17(8-16-11)12-10(14)5-9(6-15-12)18(19)20/h5-8H,2-4H2,1H3. The van der Waals surface area contributed by atoms with Crippen LogP contribution >= 0.6 is 11.8 Å². The highest BCUT2D eigenvalue weighted by Gasteiger charge is 2.33. The molecule has 1 atom stereocenters. The molecule has 0 N–H and O–H groups in total. The molecule has 0 bridgehead atoms. The molecule has 6 nitrogen and oxygen atoms in total. The van der Waals surface area contributed by atoms with Gasteiger partial charge in [-0.05, 0) is 25.5 Å². The first-order valence-corrected chi connectivity index (χ1v) is 7.47. The van der Waals surface area contributed by atoms with Crippen LogP contribution in [0.25, 0.3) is 5.82 Å². The molecule has 1 fully saturated rings. The average molecular weight is 308 g/mol. The molecule has 110 valence electrons. The Balaban J connectivity index is 1.95. The minimum absolute atomic E-state index is 0.0194. The highest BCUT2D eigenvalue weighted by molar-refractivity contribution is 8.00. The Bertz CT molecular complexity index is 697. The second-order valence-corrected chi connectivity index (χ2v) is 6.70. The number of thioether (sulfide) groups is 1. The third-order valence-electron chi connectivity index (χ3n) is 3.61. The van der Waals surface area contributed by atoms with E-state index in [0.29, 0.717) is 0 Å². The first-order valence-electron chi connectivity index (χ1n) is 6.48. The summed E-state index contributed by atoms with van der Waals surface area (Å²) in [6.07, 6.45) is 6.46. The average Bonchev–Trinajstić information content (AvgIpc) is 3.08. The molecule has 1 unspecified atom stereocenters. The van der Waals surface area contributed by atoms with Crippen molar-refractivity contribution in [2.45, 2.75) is 24.5 Å². The summed E-state index contributed by atoms with van der Waals surface area (Å²) < 4.78 is 15.4. The third-order valence-corrected chi connectivity index (χ3v) is 5.15. The van der Waals surface area contributed by atoms with E-state index in [-0.39, 0.29) is 16.3 Å². The Morgan fingerprint density at radius 1 is 1.52 bits per heavy atom. The number of aromatic nitrogens is 3. The van der Waals surface area contributed by atoms with Crippen LogP contribution in [0.2, 0.25) is 0 Å². The number of imidazole rings is 1. The molecule has 3 heterocycles. The van der Waals surface area contributed by atoms with Gasteiger partial charge in [-0.2, -0.15) is 0 Å². The second-order valence-electron chi connectivity index (χ2n) is 5.11. The fourth-order valence-corrected chi connectivity index (χ4v) is 3.68. The number of pyridine rings is 1. The Morgan fingerprint density at radius 2 is 2.33 bits per heavy atom. The summed E-state index contributed by atoms with van der Waals surface area (Å²) in [6, 6.07) is 0.869. The highest BCUT2D eigenvalue weighted by Crippen LogP contribution is 2.45. The largest absolute Gasteiger partial charge is 0.290 e. The number of hydrogen-bond donors (Lipinski definition) is 0. The van der Waals surface area contributed by atoms with Crippen LogP contribution in [0.3, 0.4) is 0 Å². The van der Waals surface area contributed by atoms with Gasteiger partial charge in [-0.15, -0.1) is 11.8 Å². The van der Waals surface area contributed by atoms with Crippen molar-refractivity contribution in [2.75, 3.05) is 5.75 Å². The molecular weight excluding hydrogens is 295 g/mol. The number of rotatable bonds is 3. The minimum atomic E-state index is -0.739. The molecule has 0 spiro atoms. The second kappa shape index (κ2) is 5.10. The van der Waals surface area contributed by atoms with Gasteiger partial charge in [-0.3, -0.25) is 14.7 Å². The van der Waals surface area contributed by atoms with Crippen LogP contribution in [0, 0.1) is 15.9 Å². The number of hydrogen-bond acceptors (Lipinski definition) is 5. The van der Waals surface area contributed by atoms with Crippen molar-refractivity contribution in [1.29, 1.82) is 0 Å². The zero-order valence-corrected chi connectivity index (χ0v) is 12.1. The summed E-state index contributed by atoms with van der Waals surface area (Å²) in [6.45, 7) is 2.12. The summed E-state index contributed by atoms with van der Waals surface area (Å²) in [5.74, 6) is 0.372. The van der Waals surface area contributed by atoms with E-state index >= 15 is 0 Å². The lowest BCUT2D eigenvalue weighted by Gasteiger charge is -2.19. The maximum absolute atomic E-state index is 14.0. The Labute approximate surface area is 124 Å². The highest BCUT2D eigenvalue weighted by atomic mass is 32.2. The van der Waals surface area contributed by atoms with Gasteiger partial charge < -0.3 is 0 Å². The number of nitrogens with zero attached hydrogens (tertiary/aromatic N) is 4. The van der Waals surface area contributed by atoms with Crippen molar-refractivity contribution in [3.63, 3.8) is 0 Å². The van der Waals surface area contributed by atoms with E-state index in [1.165, 1.54) is 10.9 Å². The van der Waals surface area contributed by atoms with Gasteiger partial charge in [0.25, 0.3) is 5.69 Å². The first kappa shape index (κ1) is 14.0. The quantitative estimate of drug-likeness (QED) is 0.643. The molecule has 0 saturated carbocycles. The zero-order chi connectivity index (χ0) is 15.0. The monoisotopic (exact) mass is 308 g/mol. The molecular formula is C13H13FN4O2S. The lowest BCUT2D eigenvalue weighted by molar-refractivity contribution is -0.385. The van der Waals surface area contributed by atoms with Crippen LogP contribution in [0.15, 0.2) is 24.8 Å². The lowest BCUT2D eigenvalue weighted by atomic mass is 10.0. The lowest BCUT2D eigenvalue weighted by Crippen LogP contribution is -2.13. The van der Waals surface area contributed by atoms with Gasteiger partial charge in [0.05, 0.1) is 21.4 Å². The van der Waals surface area contributed by atoms with Crippen LogP contribution in [-0.4, -0.2) is 25.2 Å². The molecule has 8 heteroatoms. The molecule has 0 aromatic carbocycles. The molecule has 0 radical (unpaired) electrons. The van der Waals surface area contributed by atoms with Crippen molar-refractivity contribution >= 4 is 17.4 Å². The first-order chi connectivity index (χ1) is 9.99. The normalized spacial score (nSPS) is 21.6. The van der Waals surface area contributed by atoms with Crippen molar-refractivity contribution in [3.05, 3.63) is 46.4 Å². The van der Waals surface area contributed by atoms with E-state index in [9.17, 15) is 14.5 Å². The van der Waals surface area contributed by atoms with Gasteiger partial charge in [-0.1, -0.05) is 0 Å². The van der Waals surface area contributed by atoms with Gasteiger partial charge in [-0.25, -0.2) is 14.4 Å². The van der Waals surface area contributed by atoms with E-state index in [4.69, 9.17) is 0 Å². The van der Waals surface area contributed by atoms with Gasteiger partial charge in [0, 0.05) is 6.20 Å². The third kappa shape index (κ3) is 2.51. The molecule has 1 aliphatic rings. The molecule has 0 amide bonds. The van der Waals surface area contributed by atoms with E-state index in [0.717, 1.165) is 36.6 Å². The maximum atomic E-state index is 14.0. The van der Waals surface area contributed by atoms with Gasteiger partial charge in [0.1, 0.15) is 12.5 Å². The smallest absolute Gasteiger partial charge is 0.288 e. The zero-order valence-electron chi connectivity index (χ0n) is 11.3. The van der Waals surface area contributed by atoms with Crippen molar-refractivity contribution in [3.8, 4) is 5.82 Å². The summed E-state index contributed by atoms with van der Waals surface area (Å²) in [4.78, 5) is 18.1. The molecule has 1 saturated heterocycles.